The van der Waals surface area contributed by atoms with Crippen LogP contribution in [0.4, 0.5) is 0 Å². The topological polar surface area (TPSA) is 27.1 Å². The first-order valence-corrected chi connectivity index (χ1v) is 5.31. The van der Waals surface area contributed by atoms with E-state index in [-0.39, 0.29) is 0 Å². The lowest BCUT2D eigenvalue weighted by molar-refractivity contribution is 0.407. The van der Waals surface area contributed by atoms with Gasteiger partial charge in [0.25, 0.3) is 0 Å². The molecule has 0 saturated heterocycles. The van der Waals surface area contributed by atoms with Crippen molar-refractivity contribution >= 4 is 0 Å². The van der Waals surface area contributed by atoms with Gasteiger partial charge in [-0.25, -0.2) is 0 Å². The van der Waals surface area contributed by atoms with Gasteiger partial charge in [0.2, 0.25) is 0 Å². The third-order valence-corrected chi connectivity index (χ3v) is 2.54. The van der Waals surface area contributed by atoms with E-state index in [0.29, 0.717) is 0 Å². The number of benzene rings is 1. The smallest absolute Gasteiger partial charge is 0.124 e. The Hall–Kier alpha value is -1.77. The molecule has 1 aromatic heterocycles. The lowest BCUT2D eigenvalue weighted by Gasteiger charge is -2.09. The summed E-state index contributed by atoms with van der Waals surface area (Å²) in [5.41, 5.74) is 3.53. The average Bonchev–Trinajstić information content (AvgIpc) is 2.67. The summed E-state index contributed by atoms with van der Waals surface area (Å²) in [5, 5.41) is 4.27. The maximum atomic E-state index is 5.36. The number of nitrogens with zero attached hydrogens (tertiary/aromatic N) is 2. The van der Waals surface area contributed by atoms with E-state index in [1.807, 2.05) is 30.1 Å². The number of aryl methyl sites for hydroxylation is 2. The van der Waals surface area contributed by atoms with Crippen LogP contribution in [0.2, 0.25) is 0 Å². The Morgan fingerprint density at radius 3 is 2.69 bits per heavy atom. The maximum Gasteiger partial charge on any atom is 0.124 e. The van der Waals surface area contributed by atoms with Crippen molar-refractivity contribution in [3.05, 3.63) is 47.3 Å². The molecule has 0 N–H and O–H groups in total. The molecule has 0 fully saturated rings. The molecule has 3 heteroatoms. The minimum absolute atomic E-state index is 0.747. The van der Waals surface area contributed by atoms with Gasteiger partial charge in [-0.1, -0.05) is 12.1 Å². The van der Waals surface area contributed by atoms with E-state index in [2.05, 4.69) is 24.2 Å². The Labute approximate surface area is 95.7 Å². The van der Waals surface area contributed by atoms with Gasteiger partial charge in [0, 0.05) is 11.8 Å². The summed E-state index contributed by atoms with van der Waals surface area (Å²) in [6, 6.07) is 6.23. The molecular formula is C13H16N2O. The van der Waals surface area contributed by atoms with Gasteiger partial charge in [0.15, 0.2) is 0 Å². The number of hydrogen-bond acceptors (Lipinski definition) is 2. The van der Waals surface area contributed by atoms with Gasteiger partial charge >= 0.3 is 0 Å². The molecule has 0 spiro atoms. The summed E-state index contributed by atoms with van der Waals surface area (Å²) < 4.78 is 7.28. The van der Waals surface area contributed by atoms with Crippen molar-refractivity contribution in [3.8, 4) is 5.75 Å². The van der Waals surface area contributed by atoms with E-state index in [9.17, 15) is 0 Å². The molecular weight excluding hydrogens is 200 g/mol. The summed E-state index contributed by atoms with van der Waals surface area (Å²) in [4.78, 5) is 0. The Balaban J connectivity index is 2.27. The molecule has 2 rings (SSSR count). The fourth-order valence-electron chi connectivity index (χ4n) is 1.71. The first-order valence-electron chi connectivity index (χ1n) is 5.31. The predicted octanol–water partition coefficient (Wildman–Crippen LogP) is 2.56. The van der Waals surface area contributed by atoms with Crippen LogP contribution in [0.15, 0.2) is 30.6 Å². The Kier molecular flexibility index (Phi) is 2.95. The summed E-state index contributed by atoms with van der Waals surface area (Å²) in [6.45, 7) is 4.84. The molecule has 0 saturated carbocycles. The molecule has 84 valence electrons. The SMILES string of the molecule is COc1cc(C)ccc1Cn1cc(C)cn1. The van der Waals surface area contributed by atoms with Crippen LogP contribution in [0.1, 0.15) is 16.7 Å². The van der Waals surface area contributed by atoms with Gasteiger partial charge in [0.1, 0.15) is 5.75 Å². The van der Waals surface area contributed by atoms with Crippen LogP contribution >= 0.6 is 0 Å². The van der Waals surface area contributed by atoms with Gasteiger partial charge in [0.05, 0.1) is 19.9 Å². The van der Waals surface area contributed by atoms with E-state index < -0.39 is 0 Å². The van der Waals surface area contributed by atoms with Gasteiger partial charge in [-0.15, -0.1) is 0 Å². The highest BCUT2D eigenvalue weighted by Gasteiger charge is 2.04. The minimum atomic E-state index is 0.747. The molecule has 3 nitrogen and oxygen atoms in total. The van der Waals surface area contributed by atoms with E-state index in [4.69, 9.17) is 4.74 Å². The second-order valence-electron chi connectivity index (χ2n) is 4.03. The molecule has 16 heavy (non-hydrogen) atoms. The van der Waals surface area contributed by atoms with Crippen LogP contribution < -0.4 is 4.74 Å². The first kappa shape index (κ1) is 10.7. The van der Waals surface area contributed by atoms with E-state index in [1.54, 1.807) is 7.11 Å². The zero-order valence-electron chi connectivity index (χ0n) is 9.90. The number of ether oxygens (including phenoxy) is 1. The molecule has 0 amide bonds. The molecule has 0 bridgehead atoms. The largest absolute Gasteiger partial charge is 0.496 e. The van der Waals surface area contributed by atoms with Crippen LogP contribution in [0.5, 0.6) is 5.75 Å². The normalized spacial score (nSPS) is 10.4. The number of methoxy groups -OCH3 is 1. The summed E-state index contributed by atoms with van der Waals surface area (Å²) in [6.07, 6.45) is 3.89. The van der Waals surface area contributed by atoms with Crippen LogP contribution in [0, 0.1) is 13.8 Å². The molecule has 0 aliphatic heterocycles. The zero-order chi connectivity index (χ0) is 11.5. The fraction of sp³-hybridized carbons (Fsp3) is 0.308. The van der Waals surface area contributed by atoms with Crippen LogP contribution in [0.3, 0.4) is 0 Å². The molecule has 0 unspecified atom stereocenters. The standard InChI is InChI=1S/C13H16N2O/c1-10-4-5-12(13(6-10)16-3)9-15-8-11(2)7-14-15/h4-8H,9H2,1-3H3. The lowest BCUT2D eigenvalue weighted by atomic mass is 10.1. The molecule has 2 aromatic rings. The van der Waals surface area contributed by atoms with Crippen LogP contribution in [-0.4, -0.2) is 16.9 Å². The fourth-order valence-corrected chi connectivity index (χ4v) is 1.71. The average molecular weight is 216 g/mol. The summed E-state index contributed by atoms with van der Waals surface area (Å²) in [7, 11) is 1.70. The van der Waals surface area contributed by atoms with Crippen molar-refractivity contribution in [2.45, 2.75) is 20.4 Å². The minimum Gasteiger partial charge on any atom is -0.496 e. The maximum absolute atomic E-state index is 5.36. The van der Waals surface area contributed by atoms with Crippen molar-refractivity contribution in [2.75, 3.05) is 7.11 Å². The molecule has 0 atom stereocenters. The number of hydrogen-bond donors (Lipinski definition) is 0. The van der Waals surface area contributed by atoms with Crippen molar-refractivity contribution in [3.63, 3.8) is 0 Å². The second-order valence-corrected chi connectivity index (χ2v) is 4.03. The lowest BCUT2D eigenvalue weighted by Crippen LogP contribution is -2.02. The van der Waals surface area contributed by atoms with Gasteiger partial charge < -0.3 is 4.74 Å². The third kappa shape index (κ3) is 2.24. The number of rotatable bonds is 3. The van der Waals surface area contributed by atoms with Gasteiger partial charge in [-0.2, -0.15) is 5.10 Å². The first-order chi connectivity index (χ1) is 7.69. The third-order valence-electron chi connectivity index (χ3n) is 2.54. The number of aromatic nitrogens is 2. The molecule has 0 radical (unpaired) electrons. The van der Waals surface area contributed by atoms with Crippen molar-refractivity contribution < 1.29 is 4.74 Å². The highest BCUT2D eigenvalue weighted by Crippen LogP contribution is 2.20. The van der Waals surface area contributed by atoms with Crippen molar-refractivity contribution in [1.29, 1.82) is 0 Å². The second kappa shape index (κ2) is 4.39. The highest BCUT2D eigenvalue weighted by atomic mass is 16.5. The van der Waals surface area contributed by atoms with Crippen molar-refractivity contribution in [1.82, 2.24) is 9.78 Å². The molecule has 0 aliphatic rings. The molecule has 1 heterocycles. The Bertz CT molecular complexity index is 488. The van der Waals surface area contributed by atoms with Gasteiger partial charge in [-0.3, -0.25) is 4.68 Å². The van der Waals surface area contributed by atoms with E-state index in [0.717, 1.165) is 17.9 Å². The van der Waals surface area contributed by atoms with E-state index in [1.165, 1.54) is 11.1 Å². The monoisotopic (exact) mass is 216 g/mol. The predicted molar refractivity (Wildman–Crippen MR) is 63.8 cm³/mol. The summed E-state index contributed by atoms with van der Waals surface area (Å²) >= 11 is 0. The van der Waals surface area contributed by atoms with Crippen molar-refractivity contribution in [2.24, 2.45) is 0 Å². The Morgan fingerprint density at radius 1 is 1.25 bits per heavy atom. The quantitative estimate of drug-likeness (QED) is 0.788. The van der Waals surface area contributed by atoms with Gasteiger partial charge in [-0.05, 0) is 31.0 Å². The zero-order valence-corrected chi connectivity index (χ0v) is 9.90. The molecule has 1 aromatic carbocycles. The Morgan fingerprint density at radius 2 is 2.06 bits per heavy atom. The van der Waals surface area contributed by atoms with Crippen LogP contribution in [0.25, 0.3) is 0 Å². The summed E-state index contributed by atoms with van der Waals surface area (Å²) in [5.74, 6) is 0.924. The van der Waals surface area contributed by atoms with Crippen LogP contribution in [-0.2, 0) is 6.54 Å². The molecule has 0 aliphatic carbocycles. The highest BCUT2D eigenvalue weighted by molar-refractivity contribution is 5.37. The van der Waals surface area contributed by atoms with E-state index >= 15 is 0 Å².